The van der Waals surface area contributed by atoms with E-state index in [9.17, 15) is 9.59 Å². The van der Waals surface area contributed by atoms with Crippen molar-refractivity contribution in [2.75, 3.05) is 19.6 Å². The molecule has 1 heterocycles. The van der Waals surface area contributed by atoms with E-state index in [0.717, 1.165) is 17.7 Å². The molecule has 0 radical (unpaired) electrons. The summed E-state index contributed by atoms with van der Waals surface area (Å²) in [7, 11) is 0. The number of nitrogens with zero attached hydrogens (tertiary/aromatic N) is 1. The summed E-state index contributed by atoms with van der Waals surface area (Å²) in [6.07, 6.45) is 0. The molecule has 1 aliphatic heterocycles. The minimum absolute atomic E-state index is 0. The third kappa shape index (κ3) is 5.45. The van der Waals surface area contributed by atoms with Crippen LogP contribution in [0.25, 0.3) is 0 Å². The van der Waals surface area contributed by atoms with Crippen molar-refractivity contribution in [3.8, 4) is 0 Å². The van der Waals surface area contributed by atoms with Crippen LogP contribution in [0, 0.1) is 0 Å². The van der Waals surface area contributed by atoms with Crippen molar-refractivity contribution in [3.63, 3.8) is 0 Å². The van der Waals surface area contributed by atoms with Gasteiger partial charge in [0.2, 0.25) is 5.91 Å². The van der Waals surface area contributed by atoms with Crippen molar-refractivity contribution in [2.45, 2.75) is 19.5 Å². The van der Waals surface area contributed by atoms with E-state index in [2.05, 4.69) is 10.6 Å². The summed E-state index contributed by atoms with van der Waals surface area (Å²) in [5.41, 5.74) is 2.63. The third-order valence-corrected chi connectivity index (χ3v) is 4.72. The Morgan fingerprint density at radius 3 is 2.63 bits per heavy atom. The lowest BCUT2D eigenvalue weighted by Crippen LogP contribution is -2.48. The molecule has 144 valence electrons. The number of piperazine rings is 1. The molecule has 2 N–H and O–H groups in total. The number of hydrogen-bond acceptors (Lipinski definition) is 3. The molecule has 0 spiro atoms. The van der Waals surface area contributed by atoms with Crippen LogP contribution in [0.4, 0.5) is 0 Å². The molecule has 2 amide bonds. The Kier molecular flexibility index (Phi) is 7.66. The molecule has 1 fully saturated rings. The Hall–Kier alpha value is -2.08. The topological polar surface area (TPSA) is 61.4 Å². The number of rotatable bonds is 4. The highest BCUT2D eigenvalue weighted by molar-refractivity contribution is 6.30. The van der Waals surface area contributed by atoms with Gasteiger partial charge in [-0.25, -0.2) is 0 Å². The molecular weight excluding hydrogens is 385 g/mol. The summed E-state index contributed by atoms with van der Waals surface area (Å²) in [5.74, 6) is -0.0714. The Bertz CT molecular complexity index is 796. The summed E-state index contributed by atoms with van der Waals surface area (Å²) in [6, 6.07) is 15.0. The SMILES string of the molecule is CC(=O)NCc1ccc(C(=O)N2CCNCC2c2cccc(Cl)c2)cc1.Cl. The van der Waals surface area contributed by atoms with E-state index in [4.69, 9.17) is 11.6 Å². The maximum Gasteiger partial charge on any atom is 0.254 e. The van der Waals surface area contributed by atoms with Crippen molar-refractivity contribution in [1.29, 1.82) is 0 Å². The van der Waals surface area contributed by atoms with Gasteiger partial charge < -0.3 is 15.5 Å². The van der Waals surface area contributed by atoms with Gasteiger partial charge in [0.15, 0.2) is 0 Å². The average molecular weight is 408 g/mol. The highest BCUT2D eigenvalue weighted by Gasteiger charge is 2.28. The Morgan fingerprint density at radius 1 is 1.22 bits per heavy atom. The van der Waals surface area contributed by atoms with Crippen LogP contribution in [-0.2, 0) is 11.3 Å². The van der Waals surface area contributed by atoms with Crippen LogP contribution < -0.4 is 10.6 Å². The van der Waals surface area contributed by atoms with Gasteiger partial charge in [0, 0.05) is 43.7 Å². The first-order valence-electron chi connectivity index (χ1n) is 8.65. The lowest BCUT2D eigenvalue weighted by atomic mass is 10.0. The Balaban J connectivity index is 0.00000261. The third-order valence-electron chi connectivity index (χ3n) is 4.48. The number of benzene rings is 2. The number of nitrogens with one attached hydrogen (secondary N) is 2. The lowest BCUT2D eigenvalue weighted by Gasteiger charge is -2.36. The average Bonchev–Trinajstić information content (AvgIpc) is 2.66. The molecular formula is C20H23Cl2N3O2. The molecule has 3 rings (SSSR count). The molecule has 0 bridgehead atoms. The zero-order valence-corrected chi connectivity index (χ0v) is 16.6. The molecule has 7 heteroatoms. The molecule has 2 aromatic rings. The Labute approximate surface area is 170 Å². The minimum atomic E-state index is -0.0738. The van der Waals surface area contributed by atoms with Crippen LogP contribution in [-0.4, -0.2) is 36.3 Å². The maximum absolute atomic E-state index is 13.0. The molecule has 0 saturated carbocycles. The molecule has 0 aliphatic carbocycles. The first kappa shape index (κ1) is 21.2. The number of hydrogen-bond donors (Lipinski definition) is 2. The van der Waals surface area contributed by atoms with Gasteiger partial charge in [-0.15, -0.1) is 12.4 Å². The summed E-state index contributed by atoms with van der Waals surface area (Å²) >= 11 is 6.12. The van der Waals surface area contributed by atoms with Crippen molar-refractivity contribution in [3.05, 3.63) is 70.2 Å². The van der Waals surface area contributed by atoms with Gasteiger partial charge in [-0.1, -0.05) is 35.9 Å². The van der Waals surface area contributed by atoms with Gasteiger partial charge in [0.1, 0.15) is 0 Å². The molecule has 27 heavy (non-hydrogen) atoms. The van der Waals surface area contributed by atoms with Crippen molar-refractivity contribution in [2.24, 2.45) is 0 Å². The molecule has 2 aromatic carbocycles. The fourth-order valence-electron chi connectivity index (χ4n) is 3.12. The normalized spacial score (nSPS) is 16.4. The molecule has 1 saturated heterocycles. The van der Waals surface area contributed by atoms with E-state index in [-0.39, 0.29) is 30.3 Å². The summed E-state index contributed by atoms with van der Waals surface area (Å²) < 4.78 is 0. The zero-order valence-electron chi connectivity index (χ0n) is 15.1. The fraction of sp³-hybridized carbons (Fsp3) is 0.300. The van der Waals surface area contributed by atoms with E-state index >= 15 is 0 Å². The van der Waals surface area contributed by atoms with Gasteiger partial charge in [-0.05, 0) is 35.4 Å². The predicted octanol–water partition coefficient (Wildman–Crippen LogP) is 3.18. The van der Waals surface area contributed by atoms with Crippen molar-refractivity contribution < 1.29 is 9.59 Å². The largest absolute Gasteiger partial charge is 0.352 e. The monoisotopic (exact) mass is 407 g/mol. The van der Waals surface area contributed by atoms with Crippen molar-refractivity contribution in [1.82, 2.24) is 15.5 Å². The maximum atomic E-state index is 13.0. The first-order valence-corrected chi connectivity index (χ1v) is 9.03. The van der Waals surface area contributed by atoms with E-state index < -0.39 is 0 Å². The number of halogens is 2. The van der Waals surface area contributed by atoms with Crippen LogP contribution in [0.15, 0.2) is 48.5 Å². The molecule has 1 unspecified atom stereocenters. The molecule has 1 atom stereocenters. The predicted molar refractivity (Wildman–Crippen MR) is 109 cm³/mol. The second-order valence-corrected chi connectivity index (χ2v) is 6.82. The van der Waals surface area contributed by atoms with Crippen LogP contribution in [0.5, 0.6) is 0 Å². The van der Waals surface area contributed by atoms with Crippen molar-refractivity contribution >= 4 is 35.8 Å². The highest BCUT2D eigenvalue weighted by Crippen LogP contribution is 2.26. The van der Waals surface area contributed by atoms with Gasteiger partial charge in [0.25, 0.3) is 5.91 Å². The lowest BCUT2D eigenvalue weighted by molar-refractivity contribution is -0.119. The van der Waals surface area contributed by atoms with E-state index in [1.165, 1.54) is 6.92 Å². The van der Waals surface area contributed by atoms with Crippen LogP contribution in [0.1, 0.15) is 34.5 Å². The van der Waals surface area contributed by atoms with Gasteiger partial charge in [-0.2, -0.15) is 0 Å². The van der Waals surface area contributed by atoms with E-state index in [1.54, 1.807) is 0 Å². The van der Waals surface area contributed by atoms with Gasteiger partial charge >= 0.3 is 0 Å². The first-order chi connectivity index (χ1) is 12.5. The minimum Gasteiger partial charge on any atom is -0.352 e. The van der Waals surface area contributed by atoms with Gasteiger partial charge in [-0.3, -0.25) is 9.59 Å². The standard InChI is InChI=1S/C20H22ClN3O2.ClH/c1-14(25)23-12-15-5-7-16(8-6-15)20(26)24-10-9-22-13-19(24)17-3-2-4-18(21)11-17;/h2-8,11,19,22H,9-10,12-13H2,1H3,(H,23,25);1H. The van der Waals surface area contributed by atoms with E-state index in [1.807, 2.05) is 53.4 Å². The number of amides is 2. The second-order valence-electron chi connectivity index (χ2n) is 6.38. The molecule has 0 aromatic heterocycles. The highest BCUT2D eigenvalue weighted by atomic mass is 35.5. The second kappa shape index (κ2) is 9.74. The fourth-order valence-corrected chi connectivity index (χ4v) is 3.32. The summed E-state index contributed by atoms with van der Waals surface area (Å²) in [6.45, 7) is 4.06. The molecule has 5 nitrogen and oxygen atoms in total. The van der Waals surface area contributed by atoms with E-state index in [0.29, 0.717) is 30.2 Å². The number of carbonyl (C=O) groups is 2. The van der Waals surface area contributed by atoms with Gasteiger partial charge in [0.05, 0.1) is 6.04 Å². The van der Waals surface area contributed by atoms with Crippen LogP contribution >= 0.6 is 24.0 Å². The molecule has 1 aliphatic rings. The van der Waals surface area contributed by atoms with Crippen LogP contribution in [0.3, 0.4) is 0 Å². The summed E-state index contributed by atoms with van der Waals surface area (Å²) in [4.78, 5) is 25.9. The Morgan fingerprint density at radius 2 is 1.96 bits per heavy atom. The zero-order chi connectivity index (χ0) is 18.5. The quantitative estimate of drug-likeness (QED) is 0.817. The van der Waals surface area contributed by atoms with Crippen LogP contribution in [0.2, 0.25) is 5.02 Å². The number of carbonyl (C=O) groups excluding carboxylic acids is 2. The summed E-state index contributed by atoms with van der Waals surface area (Å²) in [5, 5.41) is 6.77. The smallest absolute Gasteiger partial charge is 0.254 e.